The van der Waals surface area contributed by atoms with Crippen LogP contribution in [-0.2, 0) is 0 Å². The molecule has 1 heterocycles. The molecular formula is C12H13ClN2. The van der Waals surface area contributed by atoms with Gasteiger partial charge in [-0.05, 0) is 24.0 Å². The van der Waals surface area contributed by atoms with Crippen LogP contribution in [0.15, 0.2) is 36.6 Å². The molecule has 2 unspecified atom stereocenters. The zero-order valence-electron chi connectivity index (χ0n) is 8.60. The molecule has 0 N–H and O–H groups in total. The molecule has 2 atom stereocenters. The summed E-state index contributed by atoms with van der Waals surface area (Å²) in [5, 5.41) is 8.11. The number of aromatic nitrogens is 2. The Morgan fingerprint density at radius 2 is 2.13 bits per heavy atom. The first-order valence-electron chi connectivity index (χ1n) is 5.14. The maximum atomic E-state index is 5.84. The number of rotatable bonds is 2. The minimum atomic E-state index is 0.382. The molecule has 0 aromatic carbocycles. The number of allylic oxidation sites excluding steroid dienone is 4. The third-order valence-electron chi connectivity index (χ3n) is 2.75. The van der Waals surface area contributed by atoms with Crippen LogP contribution in [0.1, 0.15) is 24.8 Å². The Hall–Kier alpha value is -1.15. The van der Waals surface area contributed by atoms with Gasteiger partial charge in [-0.1, -0.05) is 42.8 Å². The average Bonchev–Trinajstić information content (AvgIpc) is 2.29. The lowest BCUT2D eigenvalue weighted by molar-refractivity contribution is 0.556. The summed E-state index contributed by atoms with van der Waals surface area (Å²) in [4.78, 5) is 0. The van der Waals surface area contributed by atoms with E-state index in [0.717, 1.165) is 12.0 Å². The van der Waals surface area contributed by atoms with Gasteiger partial charge in [0.1, 0.15) is 0 Å². The smallest absolute Gasteiger partial charge is 0.152 e. The van der Waals surface area contributed by atoms with E-state index < -0.39 is 0 Å². The van der Waals surface area contributed by atoms with Gasteiger partial charge in [0, 0.05) is 5.92 Å². The zero-order valence-corrected chi connectivity index (χ0v) is 9.35. The average molecular weight is 221 g/mol. The maximum absolute atomic E-state index is 5.84. The summed E-state index contributed by atoms with van der Waals surface area (Å²) in [6.45, 7) is 2.19. The van der Waals surface area contributed by atoms with E-state index in [9.17, 15) is 0 Å². The highest BCUT2D eigenvalue weighted by molar-refractivity contribution is 6.29. The lowest BCUT2D eigenvalue weighted by atomic mass is 9.82. The molecule has 0 aliphatic heterocycles. The maximum Gasteiger partial charge on any atom is 0.152 e. The summed E-state index contributed by atoms with van der Waals surface area (Å²) in [7, 11) is 0. The van der Waals surface area contributed by atoms with Crippen LogP contribution in [0.5, 0.6) is 0 Å². The van der Waals surface area contributed by atoms with Gasteiger partial charge in [0.15, 0.2) is 5.15 Å². The molecule has 15 heavy (non-hydrogen) atoms. The highest BCUT2D eigenvalue weighted by atomic mass is 35.5. The highest BCUT2D eigenvalue weighted by Crippen LogP contribution is 2.32. The molecule has 3 heteroatoms. The van der Waals surface area contributed by atoms with Crippen molar-refractivity contribution in [3.63, 3.8) is 0 Å². The number of hydrogen-bond donors (Lipinski definition) is 0. The molecule has 1 aliphatic rings. The molecule has 2 nitrogen and oxygen atoms in total. The minimum Gasteiger partial charge on any atom is -0.157 e. The first kappa shape index (κ1) is 10.4. The third-order valence-corrected chi connectivity index (χ3v) is 2.94. The van der Waals surface area contributed by atoms with Crippen LogP contribution in [0, 0.1) is 5.92 Å². The van der Waals surface area contributed by atoms with Crippen LogP contribution in [0.3, 0.4) is 0 Å². The van der Waals surface area contributed by atoms with Gasteiger partial charge in [0.25, 0.3) is 0 Å². The summed E-state index contributed by atoms with van der Waals surface area (Å²) in [5.74, 6) is 0.920. The van der Waals surface area contributed by atoms with E-state index in [1.807, 2.05) is 6.07 Å². The third kappa shape index (κ3) is 2.26. The highest BCUT2D eigenvalue weighted by Gasteiger charge is 2.19. The Balaban J connectivity index is 2.29. The molecule has 0 saturated carbocycles. The number of nitrogens with zero attached hydrogens (tertiary/aromatic N) is 2. The molecule has 1 aromatic heterocycles. The van der Waals surface area contributed by atoms with Gasteiger partial charge >= 0.3 is 0 Å². The number of hydrogen-bond acceptors (Lipinski definition) is 2. The standard InChI is InChI=1S/C12H13ClN2/c1-2-9-5-3-4-6-11(9)10-7-12(13)15-14-8-10/h3-9,11H,2H2,1H3. The second-order valence-electron chi connectivity index (χ2n) is 3.68. The zero-order chi connectivity index (χ0) is 10.7. The molecular weight excluding hydrogens is 208 g/mol. The van der Waals surface area contributed by atoms with Gasteiger partial charge < -0.3 is 0 Å². The SMILES string of the molecule is CCC1C=CC=CC1c1cnnc(Cl)c1. The largest absolute Gasteiger partial charge is 0.157 e. The van der Waals surface area contributed by atoms with Crippen LogP contribution in [0.4, 0.5) is 0 Å². The summed E-state index contributed by atoms with van der Waals surface area (Å²) in [6, 6.07) is 1.89. The first-order valence-corrected chi connectivity index (χ1v) is 5.52. The van der Waals surface area contributed by atoms with Crippen LogP contribution in [-0.4, -0.2) is 10.2 Å². The van der Waals surface area contributed by atoms with Crippen molar-refractivity contribution in [1.82, 2.24) is 10.2 Å². The fourth-order valence-corrected chi connectivity index (χ4v) is 2.11. The van der Waals surface area contributed by atoms with Crippen LogP contribution >= 0.6 is 11.6 Å². The van der Waals surface area contributed by atoms with Gasteiger partial charge in [-0.25, -0.2) is 0 Å². The lowest BCUT2D eigenvalue weighted by Crippen LogP contribution is -2.10. The molecule has 0 bridgehead atoms. The second-order valence-corrected chi connectivity index (χ2v) is 4.07. The Kier molecular flexibility index (Phi) is 3.17. The van der Waals surface area contributed by atoms with Crippen molar-refractivity contribution in [2.45, 2.75) is 19.3 Å². The van der Waals surface area contributed by atoms with E-state index in [4.69, 9.17) is 11.6 Å². The van der Waals surface area contributed by atoms with Crippen molar-refractivity contribution in [3.05, 3.63) is 47.3 Å². The van der Waals surface area contributed by atoms with Crippen molar-refractivity contribution < 1.29 is 0 Å². The Morgan fingerprint density at radius 3 is 2.87 bits per heavy atom. The summed E-state index contributed by atoms with van der Waals surface area (Å²) in [6.07, 6.45) is 11.5. The lowest BCUT2D eigenvalue weighted by Gasteiger charge is -2.22. The Morgan fingerprint density at radius 1 is 1.33 bits per heavy atom. The minimum absolute atomic E-state index is 0.382. The quantitative estimate of drug-likeness (QED) is 0.764. The van der Waals surface area contributed by atoms with Crippen molar-refractivity contribution in [3.8, 4) is 0 Å². The van der Waals surface area contributed by atoms with Gasteiger partial charge in [-0.15, -0.1) is 5.10 Å². The molecule has 0 fully saturated rings. The van der Waals surface area contributed by atoms with E-state index >= 15 is 0 Å². The molecule has 0 spiro atoms. The molecule has 2 rings (SSSR count). The fraction of sp³-hybridized carbons (Fsp3) is 0.333. The normalized spacial score (nSPS) is 24.4. The van der Waals surface area contributed by atoms with Crippen molar-refractivity contribution >= 4 is 11.6 Å². The van der Waals surface area contributed by atoms with Crippen molar-refractivity contribution in [2.75, 3.05) is 0 Å². The van der Waals surface area contributed by atoms with Gasteiger partial charge in [-0.3, -0.25) is 0 Å². The molecule has 1 aromatic rings. The Labute approximate surface area is 94.7 Å². The van der Waals surface area contributed by atoms with Gasteiger partial charge in [-0.2, -0.15) is 5.10 Å². The van der Waals surface area contributed by atoms with E-state index in [-0.39, 0.29) is 0 Å². The van der Waals surface area contributed by atoms with Crippen molar-refractivity contribution in [2.24, 2.45) is 5.92 Å². The van der Waals surface area contributed by atoms with E-state index in [1.54, 1.807) is 6.20 Å². The fourth-order valence-electron chi connectivity index (χ4n) is 1.94. The molecule has 0 radical (unpaired) electrons. The molecule has 0 saturated heterocycles. The van der Waals surface area contributed by atoms with E-state index in [1.165, 1.54) is 0 Å². The van der Waals surface area contributed by atoms with E-state index in [0.29, 0.717) is 17.0 Å². The van der Waals surface area contributed by atoms with Gasteiger partial charge in [0.2, 0.25) is 0 Å². The molecule has 0 amide bonds. The number of halogens is 1. The predicted molar refractivity (Wildman–Crippen MR) is 61.8 cm³/mol. The monoisotopic (exact) mass is 220 g/mol. The Bertz CT molecular complexity index is 398. The van der Waals surface area contributed by atoms with Crippen molar-refractivity contribution in [1.29, 1.82) is 0 Å². The molecule has 1 aliphatic carbocycles. The van der Waals surface area contributed by atoms with Crippen LogP contribution in [0.2, 0.25) is 5.15 Å². The summed E-state index contributed by atoms with van der Waals surface area (Å²) < 4.78 is 0. The predicted octanol–water partition coefficient (Wildman–Crippen LogP) is 3.37. The molecule has 78 valence electrons. The van der Waals surface area contributed by atoms with Crippen LogP contribution < -0.4 is 0 Å². The van der Waals surface area contributed by atoms with Gasteiger partial charge in [0.05, 0.1) is 6.20 Å². The summed E-state index contributed by atoms with van der Waals surface area (Å²) >= 11 is 5.84. The van der Waals surface area contributed by atoms with E-state index in [2.05, 4.69) is 41.4 Å². The summed E-state index contributed by atoms with van der Waals surface area (Å²) in [5.41, 5.74) is 1.14. The first-order chi connectivity index (χ1) is 7.31. The van der Waals surface area contributed by atoms with Crippen LogP contribution in [0.25, 0.3) is 0 Å². The topological polar surface area (TPSA) is 25.8 Å². The second kappa shape index (κ2) is 4.58.